The van der Waals surface area contributed by atoms with Gasteiger partial charge < -0.3 is 35.8 Å². The third kappa shape index (κ3) is 7.32. The topological polar surface area (TPSA) is 171 Å². The van der Waals surface area contributed by atoms with Gasteiger partial charge in [-0.25, -0.2) is 9.18 Å². The highest BCUT2D eigenvalue weighted by Gasteiger charge is 2.44. The fourth-order valence-electron chi connectivity index (χ4n) is 6.05. The predicted octanol–water partition coefficient (Wildman–Crippen LogP) is -0.107. The Balaban J connectivity index is 1.65. The summed E-state index contributed by atoms with van der Waals surface area (Å²) in [7, 11) is 1.43. The van der Waals surface area contributed by atoms with Crippen LogP contribution in [0, 0.1) is 12.7 Å². The van der Waals surface area contributed by atoms with Crippen LogP contribution in [0.15, 0.2) is 30.5 Å². The van der Waals surface area contributed by atoms with E-state index < -0.39 is 77.6 Å². The molecule has 6 atom stereocenters. The van der Waals surface area contributed by atoms with E-state index in [1.54, 1.807) is 13.0 Å². The Kier molecular flexibility index (Phi) is 10.3. The van der Waals surface area contributed by atoms with Crippen LogP contribution in [0.4, 0.5) is 4.39 Å². The molecule has 244 valence electrons. The molecular formula is C31H41FN6O7. The highest BCUT2D eigenvalue weighted by molar-refractivity contribution is 6.01. The van der Waals surface area contributed by atoms with E-state index in [0.29, 0.717) is 30.4 Å². The van der Waals surface area contributed by atoms with Crippen molar-refractivity contribution < 1.29 is 37.9 Å². The van der Waals surface area contributed by atoms with E-state index in [1.165, 1.54) is 47.7 Å². The number of amides is 5. The molecule has 0 aliphatic carbocycles. The molecule has 0 radical (unpaired) electrons. The normalized spacial score (nSPS) is 27.6. The molecule has 1 aromatic carbocycles. The Morgan fingerprint density at radius 3 is 2.38 bits per heavy atom. The largest absolute Gasteiger partial charge is 0.458 e. The Morgan fingerprint density at radius 2 is 1.71 bits per heavy atom. The lowest BCUT2D eigenvalue weighted by atomic mass is 10.0. The molecule has 3 saturated heterocycles. The van der Waals surface area contributed by atoms with E-state index in [0.717, 1.165) is 0 Å². The first-order chi connectivity index (χ1) is 21.2. The number of nitrogens with two attached hydrogens (primary N) is 1. The molecule has 0 spiro atoms. The number of nitrogens with zero attached hydrogens (tertiary/aromatic N) is 3. The van der Waals surface area contributed by atoms with Crippen molar-refractivity contribution in [3.8, 4) is 0 Å². The van der Waals surface area contributed by atoms with Crippen molar-refractivity contribution in [2.24, 2.45) is 5.73 Å². The standard InChI is InChI=1S/C31H41FN6O7/c1-16-12-20(14-21(32)13-16)15-22(33)27(40)35-25-19(4)45-31(44)24-9-7-11-38(24)28(41)17(2)34-26(39)18(3)36(5)29(42)23-8-6-10-37(23)30(25)43/h12-14,18-19,22-25H,2,6-11,15,33H2,1,3-5H3,(H,34,39)(H,35,40)/t18-,19-,22-,23-,24?,25-/m0/s1. The van der Waals surface area contributed by atoms with Crippen LogP contribution in [0.3, 0.4) is 0 Å². The van der Waals surface area contributed by atoms with Crippen molar-refractivity contribution in [1.82, 2.24) is 25.3 Å². The summed E-state index contributed by atoms with van der Waals surface area (Å²) < 4.78 is 19.7. The van der Waals surface area contributed by atoms with E-state index in [-0.39, 0.29) is 31.6 Å². The minimum absolute atomic E-state index is 0.0296. The molecule has 1 aromatic rings. The summed E-state index contributed by atoms with van der Waals surface area (Å²) >= 11 is 0. The van der Waals surface area contributed by atoms with E-state index in [9.17, 15) is 33.2 Å². The summed E-state index contributed by atoms with van der Waals surface area (Å²) in [5, 5.41) is 5.06. The molecule has 14 heteroatoms. The maximum Gasteiger partial charge on any atom is 0.329 e. The van der Waals surface area contributed by atoms with Crippen LogP contribution in [0.5, 0.6) is 0 Å². The van der Waals surface area contributed by atoms with Crippen LogP contribution in [0.25, 0.3) is 0 Å². The summed E-state index contributed by atoms with van der Waals surface area (Å²) in [6.07, 6.45) is 0.295. The van der Waals surface area contributed by atoms with Gasteiger partial charge in [-0.05, 0) is 76.1 Å². The highest BCUT2D eigenvalue weighted by Crippen LogP contribution is 2.25. The number of cyclic esters (lactones) is 1. The minimum Gasteiger partial charge on any atom is -0.458 e. The molecule has 3 aliphatic heterocycles. The number of nitrogens with one attached hydrogen (secondary N) is 2. The molecule has 1 unspecified atom stereocenters. The van der Waals surface area contributed by atoms with Crippen molar-refractivity contribution >= 4 is 35.5 Å². The van der Waals surface area contributed by atoms with E-state index in [2.05, 4.69) is 17.2 Å². The number of ether oxygens (including phenoxy) is 1. The molecule has 3 heterocycles. The lowest BCUT2D eigenvalue weighted by Crippen LogP contribution is -2.61. The fraction of sp³-hybridized carbons (Fsp3) is 0.548. The number of benzene rings is 1. The quantitative estimate of drug-likeness (QED) is 0.306. The third-order valence-corrected chi connectivity index (χ3v) is 8.68. The van der Waals surface area contributed by atoms with Gasteiger partial charge in [0.15, 0.2) is 0 Å². The summed E-state index contributed by atoms with van der Waals surface area (Å²) in [6.45, 7) is 8.70. The van der Waals surface area contributed by atoms with Crippen molar-refractivity contribution in [3.05, 3.63) is 47.4 Å². The molecule has 45 heavy (non-hydrogen) atoms. The van der Waals surface area contributed by atoms with E-state index in [4.69, 9.17) is 10.5 Å². The van der Waals surface area contributed by atoms with Crippen molar-refractivity contribution in [2.75, 3.05) is 20.1 Å². The fourth-order valence-corrected chi connectivity index (χ4v) is 6.05. The van der Waals surface area contributed by atoms with Crippen molar-refractivity contribution in [3.63, 3.8) is 0 Å². The summed E-state index contributed by atoms with van der Waals surface area (Å²) in [5.41, 5.74) is 7.06. The summed E-state index contributed by atoms with van der Waals surface area (Å²) in [5.74, 6) is -4.54. The van der Waals surface area contributed by atoms with Gasteiger partial charge in [0.1, 0.15) is 36.1 Å². The number of halogens is 1. The third-order valence-electron chi connectivity index (χ3n) is 8.68. The Bertz CT molecular complexity index is 1380. The number of hydrogen-bond acceptors (Lipinski definition) is 8. The average Bonchev–Trinajstić information content (AvgIpc) is 3.67. The molecule has 5 amide bonds. The molecule has 4 N–H and O–H groups in total. The number of fused-ring (bicyclic) bond motifs is 2. The monoisotopic (exact) mass is 628 g/mol. The SMILES string of the molecule is C=C1NC(=O)[C@H](C)N(C)C(=O)[C@@H]2CCCN2C(=O)[C@@H](NC(=O)[C@@H](N)Cc2cc(C)cc(F)c2)[C@H](C)OC(=O)C2CCCN2C1=O. The number of hydrogen-bond donors (Lipinski definition) is 3. The van der Waals surface area contributed by atoms with Gasteiger partial charge in [0.2, 0.25) is 23.6 Å². The predicted molar refractivity (Wildman–Crippen MR) is 159 cm³/mol. The van der Waals surface area contributed by atoms with Gasteiger partial charge in [-0.3, -0.25) is 24.0 Å². The van der Waals surface area contributed by atoms with Gasteiger partial charge >= 0.3 is 5.97 Å². The van der Waals surface area contributed by atoms with Crippen LogP contribution in [-0.4, -0.2) is 107 Å². The second-order valence-electron chi connectivity index (χ2n) is 12.0. The first-order valence-corrected chi connectivity index (χ1v) is 15.1. The van der Waals surface area contributed by atoms with Gasteiger partial charge in [0.05, 0.1) is 11.7 Å². The number of carbonyl (C=O) groups excluding carboxylic acids is 6. The van der Waals surface area contributed by atoms with Gasteiger partial charge in [0, 0.05) is 20.1 Å². The first kappa shape index (κ1) is 33.6. The summed E-state index contributed by atoms with van der Waals surface area (Å²) in [6, 6.07) is -1.29. The van der Waals surface area contributed by atoms with Crippen LogP contribution < -0.4 is 16.4 Å². The lowest BCUT2D eigenvalue weighted by molar-refractivity contribution is -0.161. The first-order valence-electron chi connectivity index (χ1n) is 15.1. The minimum atomic E-state index is -1.44. The van der Waals surface area contributed by atoms with E-state index in [1.807, 2.05) is 0 Å². The Morgan fingerprint density at radius 1 is 1.07 bits per heavy atom. The molecular weight excluding hydrogens is 587 g/mol. The summed E-state index contributed by atoms with van der Waals surface area (Å²) in [4.78, 5) is 84.3. The second-order valence-corrected chi connectivity index (χ2v) is 12.0. The van der Waals surface area contributed by atoms with Gasteiger partial charge in [0.25, 0.3) is 5.91 Å². The van der Waals surface area contributed by atoms with Crippen LogP contribution >= 0.6 is 0 Å². The maximum absolute atomic E-state index is 14.1. The van der Waals surface area contributed by atoms with Gasteiger partial charge in [-0.15, -0.1) is 0 Å². The number of esters is 1. The Labute approximate surface area is 261 Å². The Hall–Kier alpha value is -4.33. The smallest absolute Gasteiger partial charge is 0.329 e. The number of rotatable bonds is 4. The number of aryl methyl sites for hydroxylation is 1. The number of likely N-dealkylation sites (N-methyl/N-ethyl adjacent to an activating group) is 1. The zero-order valence-electron chi connectivity index (χ0n) is 26.0. The molecule has 3 aliphatic rings. The molecule has 3 fully saturated rings. The molecule has 0 saturated carbocycles. The molecule has 0 bridgehead atoms. The van der Waals surface area contributed by atoms with Crippen molar-refractivity contribution in [1.29, 1.82) is 0 Å². The van der Waals surface area contributed by atoms with Crippen LogP contribution in [-0.2, 0) is 39.9 Å². The zero-order chi connectivity index (χ0) is 33.2. The molecule has 0 aromatic heterocycles. The van der Waals surface area contributed by atoms with Crippen LogP contribution in [0.2, 0.25) is 0 Å². The lowest BCUT2D eigenvalue weighted by Gasteiger charge is -2.35. The van der Waals surface area contributed by atoms with Crippen molar-refractivity contribution in [2.45, 2.75) is 89.2 Å². The zero-order valence-corrected chi connectivity index (χ0v) is 26.0. The molecule has 4 rings (SSSR count). The maximum atomic E-state index is 14.1. The van der Waals surface area contributed by atoms with Gasteiger partial charge in [-0.1, -0.05) is 12.6 Å². The van der Waals surface area contributed by atoms with E-state index >= 15 is 0 Å². The van der Waals surface area contributed by atoms with Gasteiger partial charge in [-0.2, -0.15) is 0 Å². The average molecular weight is 629 g/mol. The van der Waals surface area contributed by atoms with Crippen LogP contribution in [0.1, 0.15) is 50.7 Å². The number of carbonyl (C=O) groups is 6. The second kappa shape index (κ2) is 13.8. The highest BCUT2D eigenvalue weighted by atomic mass is 19.1. The molecule has 13 nitrogen and oxygen atoms in total.